The van der Waals surface area contributed by atoms with Gasteiger partial charge in [-0.05, 0) is 38.5 Å². The van der Waals surface area contributed by atoms with Crippen LogP contribution in [0.3, 0.4) is 0 Å². The SMILES string of the molecule is C[C@@]1(C2CC2)NC(=O)N(CC(=O)OCC(=O)NC(=O)NC2CCCCC2)C1=O. The van der Waals surface area contributed by atoms with Crippen LogP contribution < -0.4 is 16.0 Å². The van der Waals surface area contributed by atoms with E-state index in [0.717, 1.165) is 49.8 Å². The Bertz CT molecular complexity index is 686. The molecule has 3 fully saturated rings. The molecule has 0 aromatic carbocycles. The molecule has 1 saturated heterocycles. The van der Waals surface area contributed by atoms with Crippen molar-refractivity contribution >= 4 is 29.8 Å². The van der Waals surface area contributed by atoms with Gasteiger partial charge >= 0.3 is 18.0 Å². The lowest BCUT2D eigenvalue weighted by Crippen LogP contribution is -2.47. The first-order valence-electron chi connectivity index (χ1n) is 9.69. The lowest BCUT2D eigenvalue weighted by atomic mass is 9.96. The summed E-state index contributed by atoms with van der Waals surface area (Å²) in [6.45, 7) is 0.406. The Kier molecular flexibility index (Phi) is 5.85. The van der Waals surface area contributed by atoms with Crippen LogP contribution in [0.15, 0.2) is 0 Å². The molecule has 0 spiro atoms. The van der Waals surface area contributed by atoms with Gasteiger partial charge in [-0.1, -0.05) is 19.3 Å². The van der Waals surface area contributed by atoms with Gasteiger partial charge in [0, 0.05) is 6.04 Å². The minimum atomic E-state index is -0.980. The number of nitrogens with zero attached hydrogens (tertiary/aromatic N) is 1. The molecular formula is C18H26N4O6. The van der Waals surface area contributed by atoms with Gasteiger partial charge in [-0.3, -0.25) is 24.6 Å². The lowest BCUT2D eigenvalue weighted by molar-refractivity contribution is -0.150. The Morgan fingerprint density at radius 3 is 2.46 bits per heavy atom. The van der Waals surface area contributed by atoms with E-state index in [4.69, 9.17) is 4.74 Å². The fourth-order valence-corrected chi connectivity index (χ4v) is 3.75. The van der Waals surface area contributed by atoms with Crippen molar-refractivity contribution in [3.63, 3.8) is 0 Å². The monoisotopic (exact) mass is 394 g/mol. The molecule has 3 rings (SSSR count). The van der Waals surface area contributed by atoms with Crippen LogP contribution in [0.4, 0.5) is 9.59 Å². The van der Waals surface area contributed by atoms with Crippen LogP contribution in [0.25, 0.3) is 0 Å². The zero-order valence-corrected chi connectivity index (χ0v) is 15.9. The molecule has 6 amide bonds. The molecule has 0 radical (unpaired) electrons. The van der Waals surface area contributed by atoms with Crippen LogP contribution in [0.5, 0.6) is 0 Å². The van der Waals surface area contributed by atoms with Gasteiger partial charge in [0.15, 0.2) is 6.61 Å². The van der Waals surface area contributed by atoms with E-state index in [1.165, 1.54) is 0 Å². The number of carbonyl (C=O) groups is 5. The number of hydrogen-bond donors (Lipinski definition) is 3. The summed E-state index contributed by atoms with van der Waals surface area (Å²) < 4.78 is 4.79. The average Bonchev–Trinajstić information content (AvgIpc) is 3.47. The van der Waals surface area contributed by atoms with Crippen LogP contribution in [-0.4, -0.2) is 59.5 Å². The fraction of sp³-hybridized carbons (Fsp3) is 0.722. The van der Waals surface area contributed by atoms with Crippen molar-refractivity contribution in [1.29, 1.82) is 0 Å². The molecule has 2 aliphatic carbocycles. The van der Waals surface area contributed by atoms with E-state index >= 15 is 0 Å². The zero-order chi connectivity index (χ0) is 20.3. The van der Waals surface area contributed by atoms with Crippen molar-refractivity contribution in [2.45, 2.75) is 63.5 Å². The van der Waals surface area contributed by atoms with Crippen molar-refractivity contribution in [1.82, 2.24) is 20.9 Å². The van der Waals surface area contributed by atoms with Crippen molar-refractivity contribution in [3.8, 4) is 0 Å². The highest BCUT2D eigenvalue weighted by atomic mass is 16.5. The first-order chi connectivity index (χ1) is 13.3. The van der Waals surface area contributed by atoms with Crippen molar-refractivity contribution in [3.05, 3.63) is 0 Å². The number of amides is 6. The number of nitrogens with one attached hydrogen (secondary N) is 3. The highest BCUT2D eigenvalue weighted by Gasteiger charge is 2.56. The summed E-state index contributed by atoms with van der Waals surface area (Å²) in [5, 5.41) is 7.44. The van der Waals surface area contributed by atoms with Crippen LogP contribution in [0.2, 0.25) is 0 Å². The normalized spacial score (nSPS) is 25.2. The molecule has 1 heterocycles. The molecule has 3 aliphatic rings. The molecule has 1 aliphatic heterocycles. The predicted octanol–water partition coefficient (Wildman–Crippen LogP) is 0.409. The van der Waals surface area contributed by atoms with Crippen LogP contribution in [-0.2, 0) is 19.1 Å². The summed E-state index contributed by atoms with van der Waals surface area (Å²) in [5.41, 5.74) is -0.980. The summed E-state index contributed by atoms with van der Waals surface area (Å²) in [6, 6.07) is -1.22. The Labute approximate surface area is 162 Å². The van der Waals surface area contributed by atoms with Gasteiger partial charge in [-0.15, -0.1) is 0 Å². The number of esters is 1. The van der Waals surface area contributed by atoms with E-state index in [1.54, 1.807) is 6.92 Å². The number of hydrogen-bond acceptors (Lipinski definition) is 6. The summed E-state index contributed by atoms with van der Waals surface area (Å²) in [5.74, 6) is -2.06. The second kappa shape index (κ2) is 8.15. The average molecular weight is 394 g/mol. The Balaban J connectivity index is 1.39. The Hall–Kier alpha value is -2.65. The fourth-order valence-electron chi connectivity index (χ4n) is 3.75. The van der Waals surface area contributed by atoms with Gasteiger partial charge in [-0.2, -0.15) is 0 Å². The van der Waals surface area contributed by atoms with Crippen LogP contribution in [0.1, 0.15) is 51.9 Å². The molecule has 154 valence electrons. The van der Waals surface area contributed by atoms with E-state index in [-0.39, 0.29) is 12.0 Å². The zero-order valence-electron chi connectivity index (χ0n) is 15.9. The van der Waals surface area contributed by atoms with Gasteiger partial charge in [0.25, 0.3) is 11.8 Å². The maximum absolute atomic E-state index is 12.4. The molecule has 10 heteroatoms. The number of rotatable bonds is 6. The lowest BCUT2D eigenvalue weighted by Gasteiger charge is -2.22. The third-order valence-electron chi connectivity index (χ3n) is 5.54. The molecule has 10 nitrogen and oxygen atoms in total. The quantitative estimate of drug-likeness (QED) is 0.441. The molecule has 1 atom stereocenters. The topological polar surface area (TPSA) is 134 Å². The minimum Gasteiger partial charge on any atom is -0.454 e. The third-order valence-corrected chi connectivity index (χ3v) is 5.54. The van der Waals surface area contributed by atoms with E-state index in [0.29, 0.717) is 0 Å². The maximum atomic E-state index is 12.4. The predicted molar refractivity (Wildman–Crippen MR) is 95.9 cm³/mol. The van der Waals surface area contributed by atoms with E-state index in [2.05, 4.69) is 16.0 Å². The standard InChI is InChI=1S/C18H26N4O6/c1-18(11-7-8-11)15(25)22(17(27)21-18)9-14(24)28-10-13(23)20-16(26)19-12-5-3-2-4-6-12/h11-12H,2-10H2,1H3,(H,21,27)(H2,19,20,23,26)/t18-/m0/s1. The number of ether oxygens (including phenoxy) is 1. The third kappa shape index (κ3) is 4.60. The van der Waals surface area contributed by atoms with Crippen molar-refractivity contribution in [2.75, 3.05) is 13.2 Å². The Morgan fingerprint density at radius 1 is 1.14 bits per heavy atom. The summed E-state index contributed by atoms with van der Waals surface area (Å²) in [6.07, 6.45) is 6.68. The molecule has 0 bridgehead atoms. The van der Waals surface area contributed by atoms with Crippen LogP contribution in [0, 0.1) is 5.92 Å². The van der Waals surface area contributed by atoms with Gasteiger partial charge in [0.2, 0.25) is 0 Å². The molecule has 0 unspecified atom stereocenters. The summed E-state index contributed by atoms with van der Waals surface area (Å²) in [7, 11) is 0. The first kappa shape index (κ1) is 20.1. The van der Waals surface area contributed by atoms with Gasteiger partial charge in [0.1, 0.15) is 12.1 Å². The number of carbonyl (C=O) groups excluding carboxylic acids is 5. The number of imide groups is 2. The van der Waals surface area contributed by atoms with E-state index in [1.807, 2.05) is 0 Å². The molecular weight excluding hydrogens is 368 g/mol. The second-order valence-corrected chi connectivity index (χ2v) is 7.82. The van der Waals surface area contributed by atoms with Gasteiger partial charge in [-0.25, -0.2) is 9.59 Å². The largest absolute Gasteiger partial charge is 0.454 e. The highest BCUT2D eigenvalue weighted by Crippen LogP contribution is 2.42. The van der Waals surface area contributed by atoms with Crippen molar-refractivity contribution < 1.29 is 28.7 Å². The number of urea groups is 2. The first-order valence-corrected chi connectivity index (χ1v) is 9.69. The highest BCUT2D eigenvalue weighted by molar-refractivity contribution is 6.09. The molecule has 0 aromatic heterocycles. The van der Waals surface area contributed by atoms with E-state index < -0.39 is 48.5 Å². The molecule has 2 saturated carbocycles. The second-order valence-electron chi connectivity index (χ2n) is 7.82. The van der Waals surface area contributed by atoms with Crippen LogP contribution >= 0.6 is 0 Å². The Morgan fingerprint density at radius 2 is 1.82 bits per heavy atom. The molecule has 3 N–H and O–H groups in total. The van der Waals surface area contributed by atoms with Gasteiger partial charge < -0.3 is 15.4 Å². The smallest absolute Gasteiger partial charge is 0.326 e. The minimum absolute atomic E-state index is 0.0459. The molecule has 0 aromatic rings. The van der Waals surface area contributed by atoms with Crippen molar-refractivity contribution in [2.24, 2.45) is 5.92 Å². The summed E-state index contributed by atoms with van der Waals surface area (Å²) in [4.78, 5) is 60.7. The maximum Gasteiger partial charge on any atom is 0.326 e. The van der Waals surface area contributed by atoms with Gasteiger partial charge in [0.05, 0.1) is 0 Å². The molecule has 28 heavy (non-hydrogen) atoms. The van der Waals surface area contributed by atoms with E-state index in [9.17, 15) is 24.0 Å². The summed E-state index contributed by atoms with van der Waals surface area (Å²) >= 11 is 0.